The van der Waals surface area contributed by atoms with Crippen molar-refractivity contribution in [1.29, 1.82) is 0 Å². The van der Waals surface area contributed by atoms with Crippen molar-refractivity contribution in [3.05, 3.63) is 55.8 Å². The molecule has 1 heterocycles. The van der Waals surface area contributed by atoms with Crippen molar-refractivity contribution in [2.24, 2.45) is 0 Å². The zero-order valence-corrected chi connectivity index (χ0v) is 12.1. The maximum absolute atomic E-state index is 12.0. The van der Waals surface area contributed by atoms with Crippen molar-refractivity contribution in [3.8, 4) is 5.75 Å². The summed E-state index contributed by atoms with van der Waals surface area (Å²) in [5, 5.41) is 23.1. The van der Waals surface area contributed by atoms with Crippen molar-refractivity contribution in [1.82, 2.24) is 5.32 Å². The van der Waals surface area contributed by atoms with E-state index < -0.39 is 22.3 Å². The predicted molar refractivity (Wildman–Crippen MR) is 79.6 cm³/mol. The molecule has 110 valence electrons. The van der Waals surface area contributed by atoms with Crippen LogP contribution in [0.3, 0.4) is 0 Å². The smallest absolute Gasteiger partial charge is 0.311 e. The Hall–Kier alpha value is -2.41. The number of carbonyl (C=O) groups excluding carboxylic acids is 1. The number of nitrogens with zero attached hydrogens (tertiary/aromatic N) is 1. The number of rotatable bonds is 5. The molecule has 1 amide bonds. The number of phenolic OH excluding ortho intramolecular Hbond substituents is 1. The van der Waals surface area contributed by atoms with Crippen molar-refractivity contribution in [3.63, 3.8) is 0 Å². The fraction of sp³-hybridized carbons (Fsp3) is 0.214. The van der Waals surface area contributed by atoms with Crippen molar-refractivity contribution in [2.75, 3.05) is 0 Å². The lowest BCUT2D eigenvalue weighted by molar-refractivity contribution is -0.385. The van der Waals surface area contributed by atoms with E-state index in [1.165, 1.54) is 17.0 Å². The van der Waals surface area contributed by atoms with Crippen LogP contribution >= 0.6 is 11.3 Å². The number of aromatic hydroxyl groups is 1. The van der Waals surface area contributed by atoms with E-state index in [0.717, 1.165) is 17.4 Å². The molecular formula is C14H14N2O4S. The summed E-state index contributed by atoms with van der Waals surface area (Å²) >= 11 is 1.60. The molecular weight excluding hydrogens is 292 g/mol. The average Bonchev–Trinajstić information content (AvgIpc) is 2.92. The predicted octanol–water partition coefficient (Wildman–Crippen LogP) is 2.85. The van der Waals surface area contributed by atoms with Crippen molar-refractivity contribution in [2.45, 2.75) is 19.9 Å². The lowest BCUT2D eigenvalue weighted by Crippen LogP contribution is -2.22. The molecule has 0 saturated heterocycles. The highest BCUT2D eigenvalue weighted by Crippen LogP contribution is 2.29. The molecule has 0 unspecified atom stereocenters. The van der Waals surface area contributed by atoms with Crippen LogP contribution in [0.5, 0.6) is 5.75 Å². The van der Waals surface area contributed by atoms with E-state index in [-0.39, 0.29) is 5.56 Å². The van der Waals surface area contributed by atoms with Gasteiger partial charge in [0.15, 0.2) is 0 Å². The van der Waals surface area contributed by atoms with E-state index in [1.807, 2.05) is 12.1 Å². The van der Waals surface area contributed by atoms with Crippen molar-refractivity contribution >= 4 is 22.9 Å². The van der Waals surface area contributed by atoms with Crippen LogP contribution < -0.4 is 5.32 Å². The molecule has 2 N–H and O–H groups in total. The summed E-state index contributed by atoms with van der Waals surface area (Å²) in [6.07, 6.45) is 0.935. The minimum Gasteiger partial charge on any atom is -0.502 e. The number of hydrogen-bond donors (Lipinski definition) is 2. The van der Waals surface area contributed by atoms with E-state index >= 15 is 0 Å². The molecule has 0 radical (unpaired) electrons. The molecule has 2 aromatic rings. The number of nitro benzene ring substituents is 1. The molecule has 0 bridgehead atoms. The summed E-state index contributed by atoms with van der Waals surface area (Å²) in [6.45, 7) is 2.38. The third-order valence-electron chi connectivity index (χ3n) is 2.94. The maximum atomic E-state index is 12.0. The summed E-state index contributed by atoms with van der Waals surface area (Å²) in [5.41, 5.74) is -0.580. The van der Waals surface area contributed by atoms with Gasteiger partial charge >= 0.3 is 5.69 Å². The van der Waals surface area contributed by atoms with E-state index in [4.69, 9.17) is 0 Å². The maximum Gasteiger partial charge on any atom is 0.311 e. The molecule has 2 rings (SSSR count). The molecule has 1 aromatic heterocycles. The molecule has 0 atom stereocenters. The van der Waals surface area contributed by atoms with E-state index in [0.29, 0.717) is 6.54 Å². The summed E-state index contributed by atoms with van der Waals surface area (Å²) in [7, 11) is 0. The number of carbonyl (C=O) groups is 1. The minimum atomic E-state index is -0.723. The lowest BCUT2D eigenvalue weighted by Gasteiger charge is -2.06. The van der Waals surface area contributed by atoms with Gasteiger partial charge in [0, 0.05) is 15.8 Å². The van der Waals surface area contributed by atoms with E-state index in [1.54, 1.807) is 11.3 Å². The molecule has 21 heavy (non-hydrogen) atoms. The first-order valence-electron chi connectivity index (χ1n) is 6.35. The number of hydrogen-bond acceptors (Lipinski definition) is 5. The fourth-order valence-electron chi connectivity index (χ4n) is 1.83. The number of benzene rings is 1. The molecule has 7 heteroatoms. The molecule has 0 aliphatic rings. The summed E-state index contributed by atoms with van der Waals surface area (Å²) in [6, 6.07) is 7.80. The summed E-state index contributed by atoms with van der Waals surface area (Å²) < 4.78 is 0. The molecule has 6 nitrogen and oxygen atoms in total. The molecule has 1 aromatic carbocycles. The number of para-hydroxylation sites is 1. The number of thiophene rings is 1. The standard InChI is InChI=1S/C14H14N2O4S/c1-2-9-6-7-10(21-9)8-15-14(18)11-4-3-5-12(13(11)17)16(19)20/h3-7,17H,2,8H2,1H3,(H,15,18). The third kappa shape index (κ3) is 3.38. The van der Waals surface area contributed by atoms with Crippen LogP contribution in [0, 0.1) is 10.1 Å². The minimum absolute atomic E-state index is 0.100. The highest BCUT2D eigenvalue weighted by atomic mass is 32.1. The SMILES string of the molecule is CCc1ccc(CNC(=O)c2cccc([N+](=O)[O-])c2O)s1. The number of phenols is 1. The van der Waals surface area contributed by atoms with Crippen LogP contribution in [0.2, 0.25) is 0 Å². The van der Waals surface area contributed by atoms with Gasteiger partial charge in [-0.2, -0.15) is 0 Å². The Kier molecular flexibility index (Phi) is 4.54. The van der Waals surface area contributed by atoms with Gasteiger partial charge in [-0.3, -0.25) is 14.9 Å². The second-order valence-electron chi connectivity index (χ2n) is 4.33. The summed E-state index contributed by atoms with van der Waals surface area (Å²) in [5.74, 6) is -1.15. The first-order chi connectivity index (χ1) is 10.0. The molecule has 0 fully saturated rings. The monoisotopic (exact) mass is 306 g/mol. The van der Waals surface area contributed by atoms with Gasteiger partial charge in [-0.05, 0) is 24.6 Å². The van der Waals surface area contributed by atoms with Gasteiger partial charge < -0.3 is 10.4 Å². The Bertz CT molecular complexity index is 681. The second kappa shape index (κ2) is 6.36. The van der Waals surface area contributed by atoms with Crippen LogP contribution in [-0.2, 0) is 13.0 Å². The first kappa shape index (κ1) is 15.0. The van der Waals surface area contributed by atoms with E-state index in [9.17, 15) is 20.0 Å². The second-order valence-corrected chi connectivity index (χ2v) is 5.59. The Morgan fingerprint density at radius 1 is 1.33 bits per heavy atom. The third-order valence-corrected chi connectivity index (χ3v) is 4.17. The average molecular weight is 306 g/mol. The van der Waals surface area contributed by atoms with Gasteiger partial charge in [0.05, 0.1) is 17.0 Å². The van der Waals surface area contributed by atoms with Gasteiger partial charge in [0.2, 0.25) is 5.75 Å². The van der Waals surface area contributed by atoms with E-state index in [2.05, 4.69) is 12.2 Å². The van der Waals surface area contributed by atoms with Gasteiger partial charge in [-0.15, -0.1) is 11.3 Å². The van der Waals surface area contributed by atoms with Crippen LogP contribution in [0.1, 0.15) is 27.0 Å². The zero-order chi connectivity index (χ0) is 15.4. The van der Waals surface area contributed by atoms with Crippen molar-refractivity contribution < 1.29 is 14.8 Å². The molecule has 0 aliphatic carbocycles. The van der Waals surface area contributed by atoms with Crippen LogP contribution in [-0.4, -0.2) is 15.9 Å². The first-order valence-corrected chi connectivity index (χ1v) is 7.16. The van der Waals surface area contributed by atoms with Crippen LogP contribution in [0.25, 0.3) is 0 Å². The highest BCUT2D eigenvalue weighted by Gasteiger charge is 2.20. The van der Waals surface area contributed by atoms with Gasteiger partial charge in [-0.1, -0.05) is 13.0 Å². The van der Waals surface area contributed by atoms with Gasteiger partial charge in [0.25, 0.3) is 5.91 Å². The topological polar surface area (TPSA) is 92.5 Å². The normalized spacial score (nSPS) is 10.3. The summed E-state index contributed by atoms with van der Waals surface area (Å²) in [4.78, 5) is 24.2. The molecule has 0 aliphatic heterocycles. The molecule has 0 saturated carbocycles. The Morgan fingerprint density at radius 3 is 2.67 bits per heavy atom. The highest BCUT2D eigenvalue weighted by molar-refractivity contribution is 7.11. The Labute approximate surface area is 125 Å². The number of amides is 1. The van der Waals surface area contributed by atoms with Crippen LogP contribution in [0.15, 0.2) is 30.3 Å². The Morgan fingerprint density at radius 2 is 2.05 bits per heavy atom. The fourth-order valence-corrected chi connectivity index (χ4v) is 2.73. The lowest BCUT2D eigenvalue weighted by atomic mass is 10.1. The number of nitro groups is 1. The Balaban J connectivity index is 2.10. The van der Waals surface area contributed by atoms with Gasteiger partial charge in [-0.25, -0.2) is 0 Å². The molecule has 0 spiro atoms. The number of nitrogens with one attached hydrogen (secondary N) is 1. The zero-order valence-electron chi connectivity index (χ0n) is 11.3. The van der Waals surface area contributed by atoms with Crippen LogP contribution in [0.4, 0.5) is 5.69 Å². The number of aryl methyl sites for hydroxylation is 1. The van der Waals surface area contributed by atoms with Gasteiger partial charge in [0.1, 0.15) is 0 Å². The quantitative estimate of drug-likeness (QED) is 0.656. The largest absolute Gasteiger partial charge is 0.502 e.